The van der Waals surface area contributed by atoms with Crippen LogP contribution in [0.15, 0.2) is 54.7 Å². The number of rotatable bonds is 6. The van der Waals surface area contributed by atoms with Gasteiger partial charge in [0, 0.05) is 5.69 Å². The van der Waals surface area contributed by atoms with Crippen molar-refractivity contribution >= 4 is 38.9 Å². The van der Waals surface area contributed by atoms with Crippen LogP contribution in [-0.4, -0.2) is 24.6 Å². The second-order valence-corrected chi connectivity index (χ2v) is 7.88. The monoisotopic (exact) mass is 441 g/mol. The summed E-state index contributed by atoms with van der Waals surface area (Å²) in [6, 6.07) is 10.3. The van der Waals surface area contributed by atoms with E-state index < -0.39 is 27.6 Å². The van der Waals surface area contributed by atoms with Gasteiger partial charge in [-0.05, 0) is 36.4 Å². The molecule has 0 bridgehead atoms. The summed E-state index contributed by atoms with van der Waals surface area (Å²) in [7, 11) is -3.57. The first-order valence-corrected chi connectivity index (χ1v) is 10.2. The highest BCUT2D eigenvalue weighted by atomic mass is 32.2. The SMILES string of the molecule is CS(=O)(=O)Nc1ccccc1Nc1nc(Nc2ccc(C(F)(F)F)cc2)ncc1F. The minimum atomic E-state index is -4.46. The van der Waals surface area contributed by atoms with Crippen molar-refractivity contribution in [1.29, 1.82) is 0 Å². The lowest BCUT2D eigenvalue weighted by molar-refractivity contribution is -0.137. The van der Waals surface area contributed by atoms with Gasteiger partial charge < -0.3 is 10.6 Å². The van der Waals surface area contributed by atoms with Crippen LogP contribution in [0.1, 0.15) is 5.56 Å². The lowest BCUT2D eigenvalue weighted by atomic mass is 10.2. The number of nitrogens with one attached hydrogen (secondary N) is 3. The Labute approximate surface area is 169 Å². The van der Waals surface area contributed by atoms with Crippen molar-refractivity contribution in [2.24, 2.45) is 0 Å². The molecule has 1 heterocycles. The predicted octanol–water partition coefficient (Wildman–Crippen LogP) is 4.49. The molecule has 0 saturated heterocycles. The summed E-state index contributed by atoms with van der Waals surface area (Å²) in [5, 5.41) is 5.36. The minimum absolute atomic E-state index is 0.0767. The molecule has 0 amide bonds. The Kier molecular flexibility index (Phi) is 5.78. The number of alkyl halides is 3. The number of benzene rings is 2. The summed E-state index contributed by atoms with van der Waals surface area (Å²) < 4.78 is 77.4. The molecule has 7 nitrogen and oxygen atoms in total. The average Bonchev–Trinajstić information content (AvgIpc) is 2.64. The first-order valence-electron chi connectivity index (χ1n) is 8.32. The standard InChI is InChI=1S/C18H15F4N5O2S/c1-30(28,29)27-15-5-3-2-4-14(15)25-16-13(19)10-23-17(26-16)24-12-8-6-11(7-9-12)18(20,21)22/h2-10,27H,1H3,(H2,23,24,25,26). The first kappa shape index (κ1) is 21.3. The summed E-state index contributed by atoms with van der Waals surface area (Å²) >= 11 is 0. The van der Waals surface area contributed by atoms with Gasteiger partial charge in [-0.1, -0.05) is 12.1 Å². The van der Waals surface area contributed by atoms with Crippen molar-refractivity contribution in [3.05, 3.63) is 66.1 Å². The third-order valence-corrected chi connectivity index (χ3v) is 4.28. The normalized spacial score (nSPS) is 11.8. The Bertz CT molecular complexity index is 1150. The smallest absolute Gasteiger partial charge is 0.336 e. The van der Waals surface area contributed by atoms with Gasteiger partial charge in [0.15, 0.2) is 11.6 Å². The molecule has 0 spiro atoms. The van der Waals surface area contributed by atoms with Gasteiger partial charge in [-0.3, -0.25) is 4.72 Å². The Hall–Kier alpha value is -3.41. The van der Waals surface area contributed by atoms with E-state index in [1.807, 2.05) is 0 Å². The van der Waals surface area contributed by atoms with Crippen LogP contribution >= 0.6 is 0 Å². The molecule has 0 fully saturated rings. The van der Waals surface area contributed by atoms with E-state index >= 15 is 0 Å². The highest BCUT2D eigenvalue weighted by Crippen LogP contribution is 2.30. The fourth-order valence-corrected chi connectivity index (χ4v) is 2.97. The fourth-order valence-electron chi connectivity index (χ4n) is 2.40. The summed E-state index contributed by atoms with van der Waals surface area (Å²) in [6.07, 6.45) is -2.62. The summed E-state index contributed by atoms with van der Waals surface area (Å²) in [5.41, 5.74) is -0.138. The molecule has 3 aromatic rings. The van der Waals surface area contributed by atoms with Crippen molar-refractivity contribution in [3.8, 4) is 0 Å². The van der Waals surface area contributed by atoms with Crippen LogP contribution in [0.5, 0.6) is 0 Å². The van der Waals surface area contributed by atoms with Crippen molar-refractivity contribution < 1.29 is 26.0 Å². The number of sulfonamides is 1. The van der Waals surface area contributed by atoms with Gasteiger partial charge in [-0.2, -0.15) is 18.2 Å². The van der Waals surface area contributed by atoms with Crippen molar-refractivity contribution in [1.82, 2.24) is 9.97 Å². The number of aromatic nitrogens is 2. The molecule has 0 unspecified atom stereocenters. The van der Waals surface area contributed by atoms with Crippen LogP contribution in [-0.2, 0) is 16.2 Å². The van der Waals surface area contributed by atoms with Crippen LogP contribution in [0.25, 0.3) is 0 Å². The zero-order valence-electron chi connectivity index (χ0n) is 15.3. The van der Waals surface area contributed by atoms with Crippen molar-refractivity contribution in [2.45, 2.75) is 6.18 Å². The van der Waals surface area contributed by atoms with Gasteiger partial charge in [0.05, 0.1) is 29.4 Å². The van der Waals surface area contributed by atoms with Crippen LogP contribution in [0.4, 0.5) is 46.4 Å². The number of nitrogens with zero attached hydrogens (tertiary/aromatic N) is 2. The Morgan fingerprint density at radius 2 is 1.57 bits per heavy atom. The quantitative estimate of drug-likeness (QED) is 0.488. The molecule has 0 aliphatic heterocycles. The molecule has 0 aliphatic carbocycles. The zero-order valence-corrected chi connectivity index (χ0v) is 16.1. The predicted molar refractivity (Wildman–Crippen MR) is 105 cm³/mol. The summed E-state index contributed by atoms with van der Waals surface area (Å²) in [5.74, 6) is -1.16. The first-order chi connectivity index (χ1) is 14.0. The van der Waals surface area contributed by atoms with Gasteiger partial charge in [0.1, 0.15) is 0 Å². The third-order valence-electron chi connectivity index (χ3n) is 3.69. The van der Waals surface area contributed by atoms with Crippen LogP contribution in [0.2, 0.25) is 0 Å². The number of hydrogen-bond acceptors (Lipinski definition) is 6. The second kappa shape index (κ2) is 8.14. The maximum absolute atomic E-state index is 14.2. The lowest BCUT2D eigenvalue weighted by Gasteiger charge is -2.13. The second-order valence-electron chi connectivity index (χ2n) is 6.14. The highest BCUT2D eigenvalue weighted by Gasteiger charge is 2.29. The van der Waals surface area contributed by atoms with E-state index in [0.29, 0.717) is 0 Å². The molecule has 0 atom stereocenters. The average molecular weight is 441 g/mol. The van der Waals surface area contributed by atoms with Crippen molar-refractivity contribution in [2.75, 3.05) is 21.6 Å². The lowest BCUT2D eigenvalue weighted by Crippen LogP contribution is -2.11. The van der Waals surface area contributed by atoms with Crippen LogP contribution in [0, 0.1) is 5.82 Å². The van der Waals surface area contributed by atoms with E-state index in [2.05, 4.69) is 25.3 Å². The molecule has 0 saturated carbocycles. The molecule has 3 rings (SSSR count). The molecule has 0 radical (unpaired) electrons. The summed E-state index contributed by atoms with van der Waals surface area (Å²) in [4.78, 5) is 7.72. The molecule has 30 heavy (non-hydrogen) atoms. The molecular formula is C18H15F4N5O2S. The topological polar surface area (TPSA) is 96.0 Å². The number of anilines is 5. The maximum Gasteiger partial charge on any atom is 0.416 e. The van der Waals surface area contributed by atoms with E-state index in [1.54, 1.807) is 12.1 Å². The van der Waals surface area contributed by atoms with Gasteiger partial charge >= 0.3 is 6.18 Å². The number of para-hydroxylation sites is 2. The molecule has 3 N–H and O–H groups in total. The third kappa shape index (κ3) is 5.56. The summed E-state index contributed by atoms with van der Waals surface area (Å²) in [6.45, 7) is 0. The van der Waals surface area contributed by atoms with Gasteiger partial charge in [0.25, 0.3) is 0 Å². The molecule has 2 aromatic carbocycles. The number of hydrogen-bond donors (Lipinski definition) is 3. The Balaban J connectivity index is 1.83. The van der Waals surface area contributed by atoms with E-state index in [9.17, 15) is 26.0 Å². The molecule has 158 valence electrons. The molecular weight excluding hydrogens is 426 g/mol. The highest BCUT2D eigenvalue weighted by molar-refractivity contribution is 7.92. The minimum Gasteiger partial charge on any atom is -0.336 e. The van der Waals surface area contributed by atoms with E-state index in [1.165, 1.54) is 24.3 Å². The molecule has 12 heteroatoms. The number of halogens is 4. The Morgan fingerprint density at radius 3 is 2.17 bits per heavy atom. The van der Waals surface area contributed by atoms with Gasteiger partial charge in [0.2, 0.25) is 16.0 Å². The van der Waals surface area contributed by atoms with Gasteiger partial charge in [-0.15, -0.1) is 0 Å². The molecule has 0 aliphatic rings. The van der Waals surface area contributed by atoms with Crippen LogP contribution in [0.3, 0.4) is 0 Å². The van der Waals surface area contributed by atoms with Crippen LogP contribution < -0.4 is 15.4 Å². The zero-order chi connectivity index (χ0) is 21.9. The Morgan fingerprint density at radius 1 is 0.933 bits per heavy atom. The van der Waals surface area contributed by atoms with Crippen molar-refractivity contribution in [3.63, 3.8) is 0 Å². The van der Waals surface area contributed by atoms with E-state index in [4.69, 9.17) is 0 Å². The van der Waals surface area contributed by atoms with E-state index in [0.717, 1.165) is 24.6 Å². The van der Waals surface area contributed by atoms with Gasteiger partial charge in [-0.25, -0.2) is 17.8 Å². The fraction of sp³-hybridized carbons (Fsp3) is 0.111. The largest absolute Gasteiger partial charge is 0.416 e. The van der Waals surface area contributed by atoms with E-state index in [-0.39, 0.29) is 28.8 Å². The maximum atomic E-state index is 14.2. The molecule has 1 aromatic heterocycles.